The maximum atomic E-state index is 4.35. The van der Waals surface area contributed by atoms with Gasteiger partial charge in [0.1, 0.15) is 12.1 Å². The molecule has 0 aliphatic heterocycles. The van der Waals surface area contributed by atoms with Gasteiger partial charge in [-0.15, -0.1) is 5.11 Å². The third-order valence-corrected chi connectivity index (χ3v) is 3.26. The van der Waals surface area contributed by atoms with Crippen molar-refractivity contribution in [3.63, 3.8) is 0 Å². The van der Waals surface area contributed by atoms with Crippen molar-refractivity contribution < 1.29 is 0 Å². The third kappa shape index (κ3) is 3.79. The van der Waals surface area contributed by atoms with Crippen LogP contribution in [0.1, 0.15) is 5.56 Å². The van der Waals surface area contributed by atoms with E-state index in [1.807, 2.05) is 50.5 Å². The highest BCUT2D eigenvalue weighted by Crippen LogP contribution is 2.25. The molecule has 6 nitrogen and oxygen atoms in total. The molecule has 1 heterocycles. The van der Waals surface area contributed by atoms with E-state index in [4.69, 9.17) is 0 Å². The Morgan fingerprint density at radius 3 is 2.65 bits per heavy atom. The van der Waals surface area contributed by atoms with Crippen LogP contribution in [-0.4, -0.2) is 29.1 Å². The Morgan fingerprint density at radius 1 is 1.04 bits per heavy atom. The Bertz CT molecular complexity index is 814. The van der Waals surface area contributed by atoms with Gasteiger partial charge in [-0.25, -0.2) is 9.97 Å². The van der Waals surface area contributed by atoms with Gasteiger partial charge in [0.15, 0.2) is 0 Å². The molecule has 0 saturated carbocycles. The number of anilines is 1. The first-order valence-corrected chi connectivity index (χ1v) is 7.34. The van der Waals surface area contributed by atoms with Crippen molar-refractivity contribution in [2.45, 2.75) is 6.54 Å². The maximum absolute atomic E-state index is 4.35. The average molecular weight is 306 g/mol. The van der Waals surface area contributed by atoms with Crippen molar-refractivity contribution in [2.75, 3.05) is 19.4 Å². The molecule has 0 aliphatic carbocycles. The van der Waals surface area contributed by atoms with Crippen LogP contribution in [0.5, 0.6) is 0 Å². The minimum absolute atomic E-state index is 0.705. The molecule has 0 aliphatic rings. The van der Waals surface area contributed by atoms with E-state index >= 15 is 0 Å². The summed E-state index contributed by atoms with van der Waals surface area (Å²) in [4.78, 5) is 8.65. The molecule has 6 heteroatoms. The zero-order valence-electron chi connectivity index (χ0n) is 13.1. The summed E-state index contributed by atoms with van der Waals surface area (Å²) in [5, 5.41) is 14.1. The Balaban J connectivity index is 1.88. The van der Waals surface area contributed by atoms with Crippen LogP contribution in [0.25, 0.3) is 10.9 Å². The second-order valence-corrected chi connectivity index (χ2v) is 5.30. The number of nitrogens with zero attached hydrogens (tertiary/aromatic N) is 5. The lowest BCUT2D eigenvalue weighted by Crippen LogP contribution is -2.02. The zero-order chi connectivity index (χ0) is 16.1. The molecule has 0 atom stereocenters. The van der Waals surface area contributed by atoms with Crippen LogP contribution in [-0.2, 0) is 6.54 Å². The van der Waals surface area contributed by atoms with Crippen LogP contribution < -0.4 is 5.32 Å². The number of hydrogen-bond donors (Lipinski definition) is 1. The molecule has 2 aromatic carbocycles. The smallest absolute Gasteiger partial charge is 0.137 e. The summed E-state index contributed by atoms with van der Waals surface area (Å²) < 4.78 is 0. The van der Waals surface area contributed by atoms with E-state index in [1.54, 1.807) is 11.3 Å². The molecular formula is C17H18N6. The fourth-order valence-electron chi connectivity index (χ4n) is 2.17. The monoisotopic (exact) mass is 306 g/mol. The molecule has 0 bridgehead atoms. The Labute approximate surface area is 134 Å². The lowest BCUT2D eigenvalue weighted by atomic mass is 10.2. The van der Waals surface area contributed by atoms with Gasteiger partial charge in [-0.3, -0.25) is 5.01 Å². The standard InChI is InChI=1S/C17H18N6/c1-23(2)22-21-14-8-9-16-15(10-14)17(20-12-19-16)18-11-13-6-4-3-5-7-13/h3-10,12H,11H2,1-2H3,(H,18,19,20). The summed E-state index contributed by atoms with van der Waals surface area (Å²) in [5.41, 5.74) is 2.84. The number of benzene rings is 2. The Morgan fingerprint density at radius 2 is 1.87 bits per heavy atom. The van der Waals surface area contributed by atoms with E-state index in [0.29, 0.717) is 6.54 Å². The quantitative estimate of drug-likeness (QED) is 0.575. The van der Waals surface area contributed by atoms with Crippen molar-refractivity contribution in [3.05, 3.63) is 60.4 Å². The van der Waals surface area contributed by atoms with Gasteiger partial charge in [-0.05, 0) is 23.8 Å². The van der Waals surface area contributed by atoms with Crippen LogP contribution in [0.3, 0.4) is 0 Å². The molecule has 0 saturated heterocycles. The molecule has 1 aromatic heterocycles. The van der Waals surface area contributed by atoms with Crippen molar-refractivity contribution >= 4 is 22.4 Å². The fourth-order valence-corrected chi connectivity index (χ4v) is 2.17. The molecule has 0 spiro atoms. The summed E-state index contributed by atoms with van der Waals surface area (Å²) >= 11 is 0. The summed E-state index contributed by atoms with van der Waals surface area (Å²) in [7, 11) is 3.67. The topological polar surface area (TPSA) is 65.8 Å². The predicted octanol–water partition coefficient (Wildman–Crippen LogP) is 3.80. The molecule has 0 radical (unpaired) electrons. The van der Waals surface area contributed by atoms with Crippen molar-refractivity contribution in [1.82, 2.24) is 15.0 Å². The van der Waals surface area contributed by atoms with Gasteiger partial charge in [0.05, 0.1) is 11.2 Å². The van der Waals surface area contributed by atoms with E-state index in [9.17, 15) is 0 Å². The second-order valence-electron chi connectivity index (χ2n) is 5.30. The van der Waals surface area contributed by atoms with Crippen LogP contribution in [0.2, 0.25) is 0 Å². The Kier molecular flexibility index (Phi) is 4.42. The molecule has 0 unspecified atom stereocenters. The highest BCUT2D eigenvalue weighted by molar-refractivity contribution is 5.90. The Hall–Kier alpha value is -3.02. The van der Waals surface area contributed by atoms with Crippen LogP contribution in [0, 0.1) is 0 Å². The predicted molar refractivity (Wildman–Crippen MR) is 91.5 cm³/mol. The van der Waals surface area contributed by atoms with Gasteiger partial charge in [0.25, 0.3) is 0 Å². The number of rotatable bonds is 5. The molecule has 0 amide bonds. The van der Waals surface area contributed by atoms with Gasteiger partial charge >= 0.3 is 0 Å². The fraction of sp³-hybridized carbons (Fsp3) is 0.176. The van der Waals surface area contributed by atoms with Crippen LogP contribution in [0.15, 0.2) is 65.2 Å². The zero-order valence-corrected chi connectivity index (χ0v) is 13.1. The first-order valence-electron chi connectivity index (χ1n) is 7.34. The van der Waals surface area contributed by atoms with Crippen molar-refractivity contribution in [1.29, 1.82) is 0 Å². The van der Waals surface area contributed by atoms with Crippen LogP contribution in [0.4, 0.5) is 11.5 Å². The highest BCUT2D eigenvalue weighted by Gasteiger charge is 2.05. The normalized spacial score (nSPS) is 11.0. The first kappa shape index (κ1) is 14.9. The van der Waals surface area contributed by atoms with E-state index in [-0.39, 0.29) is 0 Å². The van der Waals surface area contributed by atoms with Crippen molar-refractivity contribution in [2.24, 2.45) is 10.3 Å². The molecule has 116 valence electrons. The molecule has 0 fully saturated rings. The largest absolute Gasteiger partial charge is 0.365 e. The van der Waals surface area contributed by atoms with Gasteiger partial charge in [0.2, 0.25) is 0 Å². The summed E-state index contributed by atoms with van der Waals surface area (Å²) in [6.45, 7) is 0.705. The molecule has 23 heavy (non-hydrogen) atoms. The number of hydrogen-bond acceptors (Lipinski definition) is 5. The van der Waals surface area contributed by atoms with Gasteiger partial charge in [0, 0.05) is 26.0 Å². The lowest BCUT2D eigenvalue weighted by Gasteiger charge is -2.09. The molecular weight excluding hydrogens is 288 g/mol. The van der Waals surface area contributed by atoms with E-state index in [0.717, 1.165) is 22.4 Å². The molecule has 3 aromatic rings. The number of nitrogens with one attached hydrogen (secondary N) is 1. The molecule has 1 N–H and O–H groups in total. The van der Waals surface area contributed by atoms with E-state index in [1.165, 1.54) is 5.56 Å². The first-order chi connectivity index (χ1) is 11.2. The van der Waals surface area contributed by atoms with E-state index < -0.39 is 0 Å². The molecule has 3 rings (SSSR count). The van der Waals surface area contributed by atoms with Gasteiger partial charge in [-0.1, -0.05) is 35.6 Å². The number of fused-ring (bicyclic) bond motifs is 1. The third-order valence-electron chi connectivity index (χ3n) is 3.26. The lowest BCUT2D eigenvalue weighted by molar-refractivity contribution is 0.408. The average Bonchev–Trinajstić information content (AvgIpc) is 2.59. The minimum atomic E-state index is 0.705. The highest BCUT2D eigenvalue weighted by atomic mass is 15.5. The summed E-state index contributed by atoms with van der Waals surface area (Å²) in [5.74, 6) is 0.792. The SMILES string of the molecule is CN(C)N=Nc1ccc2ncnc(NCc3ccccc3)c2c1. The maximum Gasteiger partial charge on any atom is 0.137 e. The number of aromatic nitrogens is 2. The van der Waals surface area contributed by atoms with E-state index in [2.05, 4.69) is 37.8 Å². The van der Waals surface area contributed by atoms with Gasteiger partial charge in [-0.2, -0.15) is 0 Å². The summed E-state index contributed by atoms with van der Waals surface area (Å²) in [6, 6.07) is 16.0. The summed E-state index contributed by atoms with van der Waals surface area (Å²) in [6.07, 6.45) is 1.57. The second kappa shape index (κ2) is 6.83. The van der Waals surface area contributed by atoms with Crippen molar-refractivity contribution in [3.8, 4) is 0 Å². The minimum Gasteiger partial charge on any atom is -0.365 e. The van der Waals surface area contributed by atoms with Crippen LogP contribution >= 0.6 is 0 Å². The van der Waals surface area contributed by atoms with Gasteiger partial charge < -0.3 is 5.32 Å².